The lowest BCUT2D eigenvalue weighted by Gasteiger charge is -2.09. The van der Waals surface area contributed by atoms with Crippen LogP contribution in [0.5, 0.6) is 0 Å². The van der Waals surface area contributed by atoms with Crippen LogP contribution in [0.1, 0.15) is 0 Å². The molecule has 0 atom stereocenters. The van der Waals surface area contributed by atoms with Gasteiger partial charge in [0.2, 0.25) is 0 Å². The van der Waals surface area contributed by atoms with E-state index >= 15 is 0 Å². The molecule has 3 heteroatoms. The Hall–Kier alpha value is -4.89. The molecule has 0 fully saturated rings. The lowest BCUT2D eigenvalue weighted by Crippen LogP contribution is -2.08. The molecule has 6 aromatic carbocycles. The highest BCUT2D eigenvalue weighted by Crippen LogP contribution is 2.44. The summed E-state index contributed by atoms with van der Waals surface area (Å²) in [5.74, 6) is 0. The number of para-hydroxylation sites is 1. The molecule has 7 aromatic rings. The van der Waals surface area contributed by atoms with Crippen molar-refractivity contribution in [1.82, 2.24) is 4.98 Å². The topological polar surface area (TPSA) is 37.6 Å². The van der Waals surface area contributed by atoms with Gasteiger partial charge in [0.25, 0.3) is 0 Å². The summed E-state index contributed by atoms with van der Waals surface area (Å²) in [5, 5.41) is 11.2. The average molecular weight is 456 g/mol. The Morgan fingerprint density at radius 1 is 0.500 bits per heavy atom. The van der Waals surface area contributed by atoms with E-state index in [1.54, 1.807) is 0 Å². The smallest absolute Gasteiger partial charge is 0.100 e. The maximum Gasteiger partial charge on any atom is 0.100 e. The van der Waals surface area contributed by atoms with Crippen molar-refractivity contribution in [2.75, 3.05) is 0 Å². The van der Waals surface area contributed by atoms with Crippen LogP contribution < -0.4 is 10.7 Å². The SMILES string of the molecule is c1ccc2nc3c4c(c5c(c3cc2c1)-c1ccc2ccccc2c1N=5)=c1ccc2ccccc2c1=N4. The van der Waals surface area contributed by atoms with E-state index in [9.17, 15) is 0 Å². The van der Waals surface area contributed by atoms with Crippen molar-refractivity contribution < 1.29 is 0 Å². The van der Waals surface area contributed by atoms with Gasteiger partial charge in [-0.2, -0.15) is 0 Å². The van der Waals surface area contributed by atoms with E-state index in [1.807, 2.05) is 6.07 Å². The van der Waals surface area contributed by atoms with E-state index in [2.05, 4.69) is 97.1 Å². The predicted molar refractivity (Wildman–Crippen MR) is 145 cm³/mol. The van der Waals surface area contributed by atoms with Crippen LogP contribution in [0.3, 0.4) is 0 Å². The molecular formula is C33H17N3. The number of hydrogen-bond donors (Lipinski definition) is 0. The lowest BCUT2D eigenvalue weighted by molar-refractivity contribution is 1.36. The van der Waals surface area contributed by atoms with Gasteiger partial charge < -0.3 is 0 Å². The van der Waals surface area contributed by atoms with Crippen molar-refractivity contribution in [2.24, 2.45) is 9.98 Å². The van der Waals surface area contributed by atoms with E-state index in [0.29, 0.717) is 0 Å². The molecule has 3 heterocycles. The van der Waals surface area contributed by atoms with Gasteiger partial charge in [0, 0.05) is 43.1 Å². The van der Waals surface area contributed by atoms with Crippen molar-refractivity contribution in [2.45, 2.75) is 0 Å². The summed E-state index contributed by atoms with van der Waals surface area (Å²) in [5.41, 5.74) is 6.24. The Morgan fingerprint density at radius 3 is 2.08 bits per heavy atom. The molecule has 36 heavy (non-hydrogen) atoms. The van der Waals surface area contributed by atoms with Gasteiger partial charge in [-0.1, -0.05) is 91.0 Å². The van der Waals surface area contributed by atoms with E-state index < -0.39 is 0 Å². The molecule has 2 aliphatic rings. The molecule has 0 bridgehead atoms. The summed E-state index contributed by atoms with van der Waals surface area (Å²) in [6, 6.07) is 36.4. The van der Waals surface area contributed by atoms with Crippen LogP contribution in [0.2, 0.25) is 0 Å². The van der Waals surface area contributed by atoms with Crippen molar-refractivity contribution in [3.8, 4) is 11.1 Å². The molecule has 0 saturated heterocycles. The summed E-state index contributed by atoms with van der Waals surface area (Å²) in [6.07, 6.45) is 0. The monoisotopic (exact) mass is 455 g/mol. The molecule has 0 saturated carbocycles. The predicted octanol–water partition coefficient (Wildman–Crippen LogP) is 7.18. The van der Waals surface area contributed by atoms with Gasteiger partial charge in [-0.3, -0.25) is 0 Å². The Bertz CT molecular complexity index is 2370. The highest BCUT2D eigenvalue weighted by Gasteiger charge is 2.25. The van der Waals surface area contributed by atoms with Crippen LogP contribution in [-0.2, 0) is 0 Å². The molecule has 0 spiro atoms. The fourth-order valence-corrected chi connectivity index (χ4v) is 6.10. The third-order valence-electron chi connectivity index (χ3n) is 7.72. The standard InChI is InChI=1S/C33H17N3/c1-4-10-21-18(7-1)13-15-23-27-25-17-20-9-3-6-12-26(20)34-31(25)33-28(32(27)35-29(21)23)24-16-14-19-8-2-5-11-22(19)30(24)36-33/h1-17H. The quantitative estimate of drug-likeness (QED) is 0.223. The zero-order chi connectivity index (χ0) is 23.4. The number of fused-ring (bicyclic) bond motifs is 14. The van der Waals surface area contributed by atoms with Crippen molar-refractivity contribution >= 4 is 54.7 Å². The van der Waals surface area contributed by atoms with E-state index in [-0.39, 0.29) is 0 Å². The van der Waals surface area contributed by atoms with Crippen molar-refractivity contribution in [3.05, 3.63) is 124 Å². The van der Waals surface area contributed by atoms with Gasteiger partial charge in [-0.05, 0) is 22.9 Å². The second kappa shape index (κ2) is 6.41. The molecule has 1 aromatic heterocycles. The zero-order valence-electron chi connectivity index (χ0n) is 19.2. The normalized spacial score (nSPS) is 12.9. The Morgan fingerprint density at radius 2 is 1.19 bits per heavy atom. The minimum absolute atomic E-state index is 0.932. The number of benzene rings is 6. The van der Waals surface area contributed by atoms with Crippen LogP contribution in [0.4, 0.5) is 11.4 Å². The summed E-state index contributed by atoms with van der Waals surface area (Å²) < 4.78 is 0. The Kier molecular flexibility index (Phi) is 3.28. The fraction of sp³-hybridized carbons (Fsp3) is 0. The molecule has 0 unspecified atom stereocenters. The van der Waals surface area contributed by atoms with Crippen molar-refractivity contribution in [3.63, 3.8) is 0 Å². The van der Waals surface area contributed by atoms with Gasteiger partial charge in [-0.25, -0.2) is 15.0 Å². The van der Waals surface area contributed by atoms with Crippen molar-refractivity contribution in [1.29, 1.82) is 0 Å². The van der Waals surface area contributed by atoms with Gasteiger partial charge in [0.1, 0.15) is 5.69 Å². The van der Waals surface area contributed by atoms with E-state index in [0.717, 1.165) is 59.7 Å². The first-order valence-corrected chi connectivity index (χ1v) is 12.2. The molecular weight excluding hydrogens is 438 g/mol. The minimum atomic E-state index is 0.932. The Balaban J connectivity index is 1.59. The summed E-state index contributed by atoms with van der Waals surface area (Å²) in [6.45, 7) is 0. The maximum absolute atomic E-state index is 5.34. The van der Waals surface area contributed by atoms with Gasteiger partial charge in [0.15, 0.2) is 0 Å². The first-order chi connectivity index (χ1) is 17.8. The van der Waals surface area contributed by atoms with E-state index in [1.165, 1.54) is 27.3 Å². The fourth-order valence-electron chi connectivity index (χ4n) is 6.10. The average Bonchev–Trinajstić information content (AvgIpc) is 3.52. The second-order valence-electron chi connectivity index (χ2n) is 9.61. The minimum Gasteiger partial charge on any atom is -0.246 e. The summed E-state index contributed by atoms with van der Waals surface area (Å²) in [4.78, 5) is 15.8. The molecule has 2 aliphatic heterocycles. The first kappa shape index (κ1) is 18.4. The lowest BCUT2D eigenvalue weighted by atomic mass is 9.95. The zero-order valence-corrected chi connectivity index (χ0v) is 19.2. The molecule has 3 nitrogen and oxygen atoms in total. The van der Waals surface area contributed by atoms with Gasteiger partial charge in [-0.15, -0.1) is 0 Å². The molecule has 164 valence electrons. The Labute approximate surface area is 205 Å². The number of pyridine rings is 1. The number of nitrogens with zero attached hydrogens (tertiary/aromatic N) is 3. The van der Waals surface area contributed by atoms with Gasteiger partial charge in [0.05, 0.1) is 27.4 Å². The molecule has 0 aliphatic carbocycles. The van der Waals surface area contributed by atoms with Crippen LogP contribution in [-0.4, -0.2) is 4.98 Å². The molecule has 0 amide bonds. The molecule has 9 rings (SSSR count). The number of aromatic nitrogens is 1. The first-order valence-electron chi connectivity index (χ1n) is 12.2. The van der Waals surface area contributed by atoms with Crippen LogP contribution in [0.25, 0.3) is 54.5 Å². The summed E-state index contributed by atoms with van der Waals surface area (Å²) >= 11 is 0. The third-order valence-corrected chi connectivity index (χ3v) is 7.72. The second-order valence-corrected chi connectivity index (χ2v) is 9.61. The number of hydrogen-bond acceptors (Lipinski definition) is 3. The van der Waals surface area contributed by atoms with E-state index in [4.69, 9.17) is 15.0 Å². The third kappa shape index (κ3) is 2.21. The van der Waals surface area contributed by atoms with Gasteiger partial charge >= 0.3 is 0 Å². The van der Waals surface area contributed by atoms with Crippen LogP contribution in [0.15, 0.2) is 113 Å². The highest BCUT2D eigenvalue weighted by molar-refractivity contribution is 6.11. The maximum atomic E-state index is 5.34. The molecule has 0 radical (unpaired) electrons. The van der Waals surface area contributed by atoms with Crippen LogP contribution >= 0.6 is 0 Å². The highest BCUT2D eigenvalue weighted by atomic mass is 14.8. The summed E-state index contributed by atoms with van der Waals surface area (Å²) in [7, 11) is 0. The largest absolute Gasteiger partial charge is 0.246 e. The van der Waals surface area contributed by atoms with Crippen LogP contribution in [0, 0.1) is 10.4 Å². The molecule has 0 N–H and O–H groups in total. The number of rotatable bonds is 0.